The maximum Gasteiger partial charge on any atom is 0.0938 e. The molecule has 0 aromatic carbocycles. The van der Waals surface area contributed by atoms with Crippen molar-refractivity contribution in [3.8, 4) is 0 Å². The number of likely N-dealkylation sites (tertiary alicyclic amines) is 1. The molecule has 0 spiro atoms. The normalized spacial score (nSPS) is 29.3. The molecule has 1 aromatic heterocycles. The maximum absolute atomic E-state index is 9.46. The highest BCUT2D eigenvalue weighted by atomic mass is 16.3. The van der Waals surface area contributed by atoms with Crippen molar-refractivity contribution in [1.82, 2.24) is 9.88 Å². The summed E-state index contributed by atoms with van der Waals surface area (Å²) in [4.78, 5) is 6.13. The maximum atomic E-state index is 9.46. The van der Waals surface area contributed by atoms with E-state index in [-0.39, 0.29) is 6.04 Å². The van der Waals surface area contributed by atoms with Crippen LogP contribution in [0.4, 0.5) is 0 Å². The number of pyridine rings is 1. The third-order valence-corrected chi connectivity index (χ3v) is 3.00. The Balaban J connectivity index is 2.07. The van der Waals surface area contributed by atoms with Gasteiger partial charge < -0.3 is 10.2 Å². The fourth-order valence-electron chi connectivity index (χ4n) is 1.95. The number of aliphatic hydroxyl groups is 2. The minimum atomic E-state index is -0.621. The highest BCUT2D eigenvalue weighted by Gasteiger charge is 2.32. The van der Waals surface area contributed by atoms with Gasteiger partial charge in [-0.05, 0) is 18.6 Å². The second kappa shape index (κ2) is 4.26. The molecule has 0 radical (unpaired) electrons. The number of β-amino-alcohol motifs (C(OH)–C–C–N with tert-alkyl or cyclic N) is 2. The van der Waals surface area contributed by atoms with Crippen LogP contribution in [0.1, 0.15) is 18.5 Å². The minimum Gasteiger partial charge on any atom is -0.389 e. The Morgan fingerprint density at radius 2 is 2.07 bits per heavy atom. The summed E-state index contributed by atoms with van der Waals surface area (Å²) in [6.45, 7) is 3.11. The Labute approximate surface area is 89.2 Å². The molecular weight excluding hydrogens is 192 g/mol. The van der Waals surface area contributed by atoms with E-state index in [0.717, 1.165) is 5.56 Å². The number of aliphatic hydroxyl groups excluding tert-OH is 2. The van der Waals surface area contributed by atoms with Crippen molar-refractivity contribution in [3.63, 3.8) is 0 Å². The highest BCUT2D eigenvalue weighted by molar-refractivity contribution is 5.13. The summed E-state index contributed by atoms with van der Waals surface area (Å²) in [5.41, 5.74) is 1.11. The first kappa shape index (κ1) is 10.5. The molecule has 3 atom stereocenters. The molecule has 2 heterocycles. The lowest BCUT2D eigenvalue weighted by Crippen LogP contribution is -2.25. The molecule has 82 valence electrons. The third-order valence-electron chi connectivity index (χ3n) is 3.00. The molecule has 4 heteroatoms. The van der Waals surface area contributed by atoms with E-state index in [1.165, 1.54) is 0 Å². The van der Waals surface area contributed by atoms with Gasteiger partial charge in [-0.3, -0.25) is 9.88 Å². The van der Waals surface area contributed by atoms with Gasteiger partial charge in [0.05, 0.1) is 12.2 Å². The van der Waals surface area contributed by atoms with E-state index in [4.69, 9.17) is 0 Å². The summed E-state index contributed by atoms with van der Waals surface area (Å²) in [7, 11) is 0. The average Bonchev–Trinajstić information content (AvgIpc) is 2.59. The lowest BCUT2D eigenvalue weighted by molar-refractivity contribution is 0.0572. The summed E-state index contributed by atoms with van der Waals surface area (Å²) >= 11 is 0. The molecule has 3 unspecified atom stereocenters. The van der Waals surface area contributed by atoms with Gasteiger partial charge in [-0.15, -0.1) is 0 Å². The lowest BCUT2D eigenvalue weighted by atomic mass is 10.1. The van der Waals surface area contributed by atoms with Crippen molar-refractivity contribution in [2.75, 3.05) is 13.1 Å². The number of rotatable bonds is 2. The van der Waals surface area contributed by atoms with Crippen LogP contribution in [-0.4, -0.2) is 45.4 Å². The second-order valence-electron chi connectivity index (χ2n) is 4.05. The van der Waals surface area contributed by atoms with E-state index in [9.17, 15) is 10.2 Å². The summed E-state index contributed by atoms with van der Waals surface area (Å²) in [5.74, 6) is 0. The van der Waals surface area contributed by atoms with E-state index in [1.54, 1.807) is 6.20 Å². The Hall–Kier alpha value is -0.970. The van der Waals surface area contributed by atoms with Gasteiger partial charge in [-0.2, -0.15) is 0 Å². The Kier molecular flexibility index (Phi) is 3.00. The Morgan fingerprint density at radius 3 is 2.60 bits per heavy atom. The van der Waals surface area contributed by atoms with E-state index in [2.05, 4.69) is 16.8 Å². The van der Waals surface area contributed by atoms with Crippen molar-refractivity contribution in [2.24, 2.45) is 0 Å². The van der Waals surface area contributed by atoms with Gasteiger partial charge in [0, 0.05) is 31.5 Å². The van der Waals surface area contributed by atoms with Crippen molar-refractivity contribution in [1.29, 1.82) is 0 Å². The van der Waals surface area contributed by atoms with E-state index >= 15 is 0 Å². The second-order valence-corrected chi connectivity index (χ2v) is 4.05. The van der Waals surface area contributed by atoms with Gasteiger partial charge in [0.2, 0.25) is 0 Å². The predicted molar refractivity (Wildman–Crippen MR) is 56.2 cm³/mol. The Bertz CT molecular complexity index is 308. The fraction of sp³-hybridized carbons (Fsp3) is 0.545. The van der Waals surface area contributed by atoms with E-state index in [0.29, 0.717) is 13.1 Å². The number of hydrogen-bond acceptors (Lipinski definition) is 4. The zero-order valence-electron chi connectivity index (χ0n) is 8.74. The molecule has 1 aliphatic heterocycles. The molecule has 1 aliphatic rings. The van der Waals surface area contributed by atoms with Crippen molar-refractivity contribution < 1.29 is 10.2 Å². The standard InChI is InChI=1S/C11H16N2O2/c1-8(9-3-2-4-12-5-9)13-6-10(14)11(15)7-13/h2-5,8,10-11,14-15H,6-7H2,1H3. The van der Waals surface area contributed by atoms with Crippen molar-refractivity contribution in [2.45, 2.75) is 25.2 Å². The zero-order valence-corrected chi connectivity index (χ0v) is 8.74. The summed E-state index contributed by atoms with van der Waals surface area (Å²) in [5, 5.41) is 18.9. The first-order valence-corrected chi connectivity index (χ1v) is 5.18. The van der Waals surface area contributed by atoms with E-state index < -0.39 is 12.2 Å². The molecule has 2 rings (SSSR count). The van der Waals surface area contributed by atoms with Crippen LogP contribution >= 0.6 is 0 Å². The molecule has 2 N–H and O–H groups in total. The van der Waals surface area contributed by atoms with Crippen molar-refractivity contribution in [3.05, 3.63) is 30.1 Å². The smallest absolute Gasteiger partial charge is 0.0938 e. The van der Waals surface area contributed by atoms with Crippen LogP contribution in [0.3, 0.4) is 0 Å². The van der Waals surface area contributed by atoms with Gasteiger partial charge in [-0.1, -0.05) is 6.07 Å². The molecule has 1 saturated heterocycles. The average molecular weight is 208 g/mol. The van der Waals surface area contributed by atoms with Crippen LogP contribution in [0, 0.1) is 0 Å². The predicted octanol–water partition coefficient (Wildman–Crippen LogP) is 0.180. The van der Waals surface area contributed by atoms with Gasteiger partial charge >= 0.3 is 0 Å². The van der Waals surface area contributed by atoms with Crippen LogP contribution in [0.2, 0.25) is 0 Å². The minimum absolute atomic E-state index is 0.186. The highest BCUT2D eigenvalue weighted by Crippen LogP contribution is 2.23. The number of aromatic nitrogens is 1. The summed E-state index contributed by atoms with van der Waals surface area (Å²) < 4.78 is 0. The van der Waals surface area contributed by atoms with Gasteiger partial charge in [-0.25, -0.2) is 0 Å². The summed E-state index contributed by atoms with van der Waals surface area (Å²) in [6.07, 6.45) is 2.32. The molecule has 15 heavy (non-hydrogen) atoms. The van der Waals surface area contributed by atoms with Gasteiger partial charge in [0.15, 0.2) is 0 Å². The number of nitrogens with zero attached hydrogens (tertiary/aromatic N) is 2. The molecular formula is C11H16N2O2. The van der Waals surface area contributed by atoms with Crippen LogP contribution in [-0.2, 0) is 0 Å². The topological polar surface area (TPSA) is 56.6 Å². The molecule has 1 fully saturated rings. The Morgan fingerprint density at radius 1 is 1.40 bits per heavy atom. The van der Waals surface area contributed by atoms with Gasteiger partial charge in [0.25, 0.3) is 0 Å². The molecule has 0 saturated carbocycles. The molecule has 0 bridgehead atoms. The van der Waals surface area contributed by atoms with Crippen LogP contribution < -0.4 is 0 Å². The first-order chi connectivity index (χ1) is 7.18. The largest absolute Gasteiger partial charge is 0.389 e. The summed E-state index contributed by atoms with van der Waals surface area (Å²) in [6, 6.07) is 4.09. The third kappa shape index (κ3) is 2.17. The van der Waals surface area contributed by atoms with Crippen LogP contribution in [0.25, 0.3) is 0 Å². The van der Waals surface area contributed by atoms with Crippen LogP contribution in [0.15, 0.2) is 24.5 Å². The molecule has 0 aliphatic carbocycles. The number of hydrogen-bond donors (Lipinski definition) is 2. The quantitative estimate of drug-likeness (QED) is 0.728. The lowest BCUT2D eigenvalue weighted by Gasteiger charge is -2.23. The van der Waals surface area contributed by atoms with E-state index in [1.807, 2.05) is 18.3 Å². The monoisotopic (exact) mass is 208 g/mol. The van der Waals surface area contributed by atoms with Crippen LogP contribution in [0.5, 0.6) is 0 Å². The van der Waals surface area contributed by atoms with Gasteiger partial charge in [0.1, 0.15) is 0 Å². The first-order valence-electron chi connectivity index (χ1n) is 5.18. The zero-order chi connectivity index (χ0) is 10.8. The molecule has 1 aromatic rings. The fourth-order valence-corrected chi connectivity index (χ4v) is 1.95. The SMILES string of the molecule is CC(c1cccnc1)N1CC(O)C(O)C1. The molecule has 0 amide bonds. The van der Waals surface area contributed by atoms with Crippen molar-refractivity contribution >= 4 is 0 Å². The molecule has 4 nitrogen and oxygen atoms in total.